The fraction of sp³-hybridized carbons (Fsp3) is 0.375. The van der Waals surface area contributed by atoms with E-state index in [1.54, 1.807) is 25.5 Å². The predicted octanol–water partition coefficient (Wildman–Crippen LogP) is 2.59. The van der Waals surface area contributed by atoms with Gasteiger partial charge in [-0.15, -0.1) is 0 Å². The molecule has 5 heteroatoms. The lowest BCUT2D eigenvalue weighted by molar-refractivity contribution is 0.0524. The summed E-state index contributed by atoms with van der Waals surface area (Å²) in [6.07, 6.45) is 7.34. The molecule has 0 aliphatic heterocycles. The zero-order chi connectivity index (χ0) is 15.1. The van der Waals surface area contributed by atoms with Crippen LogP contribution in [0.2, 0.25) is 0 Å². The Morgan fingerprint density at radius 2 is 2.00 bits per heavy atom. The molecule has 0 aliphatic carbocycles. The molecule has 0 aromatic carbocycles. The van der Waals surface area contributed by atoms with Crippen LogP contribution in [0, 0.1) is 0 Å². The standard InChI is InChI=1S/C16H19N3O2/c1-3-5-14-13(16(20)21-4-2)11-18-15(19-14)10-12-6-8-17-9-7-12/h6-9,11H,3-5,10H2,1-2H3. The maximum absolute atomic E-state index is 11.9. The number of pyridine rings is 1. The first-order chi connectivity index (χ1) is 10.2. The van der Waals surface area contributed by atoms with Crippen LogP contribution < -0.4 is 0 Å². The van der Waals surface area contributed by atoms with Crippen molar-refractivity contribution in [2.24, 2.45) is 0 Å². The molecule has 110 valence electrons. The Labute approximate surface area is 124 Å². The molecule has 0 saturated carbocycles. The van der Waals surface area contributed by atoms with E-state index < -0.39 is 0 Å². The molecule has 0 radical (unpaired) electrons. The molecule has 2 aromatic heterocycles. The highest BCUT2D eigenvalue weighted by Crippen LogP contribution is 2.12. The molecular weight excluding hydrogens is 266 g/mol. The van der Waals surface area contributed by atoms with Crippen molar-refractivity contribution < 1.29 is 9.53 Å². The summed E-state index contributed by atoms with van der Waals surface area (Å²) in [4.78, 5) is 24.7. The van der Waals surface area contributed by atoms with E-state index in [1.807, 2.05) is 12.1 Å². The van der Waals surface area contributed by atoms with Crippen molar-refractivity contribution in [1.82, 2.24) is 15.0 Å². The molecule has 0 N–H and O–H groups in total. The Balaban J connectivity index is 2.25. The monoisotopic (exact) mass is 285 g/mol. The third-order valence-electron chi connectivity index (χ3n) is 3.01. The van der Waals surface area contributed by atoms with E-state index in [1.165, 1.54) is 0 Å². The molecule has 0 saturated heterocycles. The van der Waals surface area contributed by atoms with Gasteiger partial charge in [-0.1, -0.05) is 13.3 Å². The number of aromatic nitrogens is 3. The fourth-order valence-corrected chi connectivity index (χ4v) is 2.03. The molecule has 0 fully saturated rings. The van der Waals surface area contributed by atoms with Crippen LogP contribution in [0.5, 0.6) is 0 Å². The first kappa shape index (κ1) is 15.1. The number of hydrogen-bond donors (Lipinski definition) is 0. The Morgan fingerprint density at radius 3 is 2.67 bits per heavy atom. The molecule has 0 aliphatic rings. The van der Waals surface area contributed by atoms with Crippen LogP contribution >= 0.6 is 0 Å². The minimum absolute atomic E-state index is 0.350. The number of aryl methyl sites for hydroxylation is 1. The molecule has 0 bridgehead atoms. The van der Waals surface area contributed by atoms with Gasteiger partial charge in [-0.05, 0) is 31.0 Å². The number of carbonyl (C=O) groups excluding carboxylic acids is 1. The van der Waals surface area contributed by atoms with Crippen LogP contribution in [-0.2, 0) is 17.6 Å². The van der Waals surface area contributed by atoms with Crippen molar-refractivity contribution in [1.29, 1.82) is 0 Å². The van der Waals surface area contributed by atoms with E-state index in [0.29, 0.717) is 24.4 Å². The van der Waals surface area contributed by atoms with E-state index in [0.717, 1.165) is 24.1 Å². The summed E-state index contributed by atoms with van der Waals surface area (Å²) in [5.41, 5.74) is 2.32. The average molecular weight is 285 g/mol. The summed E-state index contributed by atoms with van der Waals surface area (Å²) in [6.45, 7) is 4.19. The summed E-state index contributed by atoms with van der Waals surface area (Å²) in [5, 5.41) is 0. The van der Waals surface area contributed by atoms with E-state index in [-0.39, 0.29) is 5.97 Å². The second-order valence-corrected chi connectivity index (χ2v) is 4.65. The Morgan fingerprint density at radius 1 is 1.24 bits per heavy atom. The Hall–Kier alpha value is -2.30. The lowest BCUT2D eigenvalue weighted by Gasteiger charge is -2.09. The normalized spacial score (nSPS) is 10.4. The van der Waals surface area contributed by atoms with Gasteiger partial charge >= 0.3 is 5.97 Å². The Bertz CT molecular complexity index is 600. The molecule has 2 rings (SSSR count). The van der Waals surface area contributed by atoms with Gasteiger partial charge in [-0.3, -0.25) is 4.98 Å². The second-order valence-electron chi connectivity index (χ2n) is 4.65. The van der Waals surface area contributed by atoms with Crippen LogP contribution in [0.25, 0.3) is 0 Å². The lowest BCUT2D eigenvalue weighted by Crippen LogP contribution is -2.12. The molecule has 0 spiro atoms. The molecule has 0 unspecified atom stereocenters. The highest BCUT2D eigenvalue weighted by Gasteiger charge is 2.15. The predicted molar refractivity (Wildman–Crippen MR) is 79.0 cm³/mol. The first-order valence-electron chi connectivity index (χ1n) is 7.15. The summed E-state index contributed by atoms with van der Waals surface area (Å²) >= 11 is 0. The fourth-order valence-electron chi connectivity index (χ4n) is 2.03. The topological polar surface area (TPSA) is 65.0 Å². The van der Waals surface area contributed by atoms with Gasteiger partial charge in [0.05, 0.1) is 17.9 Å². The maximum Gasteiger partial charge on any atom is 0.341 e. The average Bonchev–Trinajstić information content (AvgIpc) is 2.49. The van der Waals surface area contributed by atoms with Crippen LogP contribution in [-0.4, -0.2) is 27.5 Å². The first-order valence-corrected chi connectivity index (χ1v) is 7.15. The third kappa shape index (κ3) is 4.08. The molecule has 2 heterocycles. The third-order valence-corrected chi connectivity index (χ3v) is 3.01. The molecule has 2 aromatic rings. The summed E-state index contributed by atoms with van der Waals surface area (Å²) in [7, 11) is 0. The minimum Gasteiger partial charge on any atom is -0.462 e. The number of rotatable bonds is 6. The summed E-state index contributed by atoms with van der Waals surface area (Å²) < 4.78 is 5.05. The van der Waals surface area contributed by atoms with E-state index in [2.05, 4.69) is 21.9 Å². The van der Waals surface area contributed by atoms with E-state index in [4.69, 9.17) is 4.74 Å². The highest BCUT2D eigenvalue weighted by atomic mass is 16.5. The van der Waals surface area contributed by atoms with Gasteiger partial charge in [-0.2, -0.15) is 0 Å². The molecule has 0 atom stereocenters. The zero-order valence-electron chi connectivity index (χ0n) is 12.4. The van der Waals surface area contributed by atoms with Gasteiger partial charge in [0.2, 0.25) is 0 Å². The molecule has 5 nitrogen and oxygen atoms in total. The molecule has 21 heavy (non-hydrogen) atoms. The van der Waals surface area contributed by atoms with Crippen LogP contribution in [0.15, 0.2) is 30.7 Å². The highest BCUT2D eigenvalue weighted by molar-refractivity contribution is 5.90. The number of nitrogens with zero attached hydrogens (tertiary/aromatic N) is 3. The zero-order valence-corrected chi connectivity index (χ0v) is 12.4. The number of hydrogen-bond acceptors (Lipinski definition) is 5. The molecular formula is C16H19N3O2. The van der Waals surface area contributed by atoms with Gasteiger partial charge in [-0.25, -0.2) is 14.8 Å². The lowest BCUT2D eigenvalue weighted by atomic mass is 10.1. The van der Waals surface area contributed by atoms with Crippen molar-refractivity contribution in [3.8, 4) is 0 Å². The second kappa shape index (κ2) is 7.47. The van der Waals surface area contributed by atoms with Crippen molar-refractivity contribution in [3.63, 3.8) is 0 Å². The number of ether oxygens (including phenoxy) is 1. The van der Waals surface area contributed by atoms with Crippen LogP contribution in [0.1, 0.15) is 47.7 Å². The van der Waals surface area contributed by atoms with Crippen molar-refractivity contribution in [2.45, 2.75) is 33.1 Å². The van der Waals surface area contributed by atoms with Crippen molar-refractivity contribution >= 4 is 5.97 Å². The largest absolute Gasteiger partial charge is 0.462 e. The van der Waals surface area contributed by atoms with Gasteiger partial charge in [0.1, 0.15) is 5.82 Å². The number of carbonyl (C=O) groups is 1. The summed E-state index contributed by atoms with van der Waals surface area (Å²) in [6, 6.07) is 3.87. The smallest absolute Gasteiger partial charge is 0.341 e. The quantitative estimate of drug-likeness (QED) is 0.763. The Kier molecular flexibility index (Phi) is 5.37. The van der Waals surface area contributed by atoms with Crippen molar-refractivity contribution in [2.75, 3.05) is 6.61 Å². The van der Waals surface area contributed by atoms with E-state index in [9.17, 15) is 4.79 Å². The summed E-state index contributed by atoms with van der Waals surface area (Å²) in [5.74, 6) is 0.356. The minimum atomic E-state index is -0.351. The SMILES string of the molecule is CCCc1nc(Cc2ccncc2)ncc1C(=O)OCC. The van der Waals surface area contributed by atoms with Gasteiger partial charge in [0, 0.05) is 25.0 Å². The van der Waals surface area contributed by atoms with Crippen molar-refractivity contribution in [3.05, 3.63) is 53.4 Å². The van der Waals surface area contributed by atoms with Crippen LogP contribution in [0.3, 0.4) is 0 Å². The maximum atomic E-state index is 11.9. The van der Waals surface area contributed by atoms with Crippen LogP contribution in [0.4, 0.5) is 0 Å². The van der Waals surface area contributed by atoms with Gasteiger partial charge < -0.3 is 4.74 Å². The van der Waals surface area contributed by atoms with E-state index >= 15 is 0 Å². The number of esters is 1. The molecule has 0 amide bonds. The van der Waals surface area contributed by atoms with Gasteiger partial charge in [0.25, 0.3) is 0 Å². The van der Waals surface area contributed by atoms with Gasteiger partial charge in [0.15, 0.2) is 0 Å².